The molecule has 1 aliphatic rings. The number of pyridine rings is 1. The van der Waals surface area contributed by atoms with E-state index >= 15 is 0 Å². The van der Waals surface area contributed by atoms with Gasteiger partial charge in [0.1, 0.15) is 0 Å². The number of likely N-dealkylation sites (tertiary alicyclic amines) is 1. The first-order valence-electron chi connectivity index (χ1n) is 10.5. The van der Waals surface area contributed by atoms with Gasteiger partial charge in [-0.1, -0.05) is 42.5 Å². The van der Waals surface area contributed by atoms with Crippen molar-refractivity contribution in [3.63, 3.8) is 0 Å². The number of rotatable bonds is 8. The zero-order valence-electron chi connectivity index (χ0n) is 18.4. The van der Waals surface area contributed by atoms with Crippen LogP contribution in [0, 0.1) is 6.92 Å². The molecule has 1 saturated heterocycles. The number of aromatic nitrogens is 1. The highest BCUT2D eigenvalue weighted by molar-refractivity contribution is 6.10. The fraction of sp³-hybridized carbons (Fsp3) is 0.360. The number of aryl methyl sites for hydroxylation is 1. The Morgan fingerprint density at radius 3 is 2.58 bits per heavy atom. The van der Waals surface area contributed by atoms with Crippen LogP contribution in [-0.4, -0.2) is 45.6 Å². The highest BCUT2D eigenvalue weighted by Gasteiger charge is 2.54. The molecule has 1 fully saturated rings. The fourth-order valence-electron chi connectivity index (χ4n) is 4.26. The molecule has 3 amide bonds. The molecule has 31 heavy (non-hydrogen) atoms. The predicted octanol–water partition coefficient (Wildman–Crippen LogP) is 3.40. The fourth-order valence-corrected chi connectivity index (χ4v) is 4.26. The first-order chi connectivity index (χ1) is 14.8. The molecule has 1 aromatic heterocycles. The summed E-state index contributed by atoms with van der Waals surface area (Å²) in [6.07, 6.45) is 3.22. The lowest BCUT2D eigenvalue weighted by molar-refractivity contribution is -0.143. The topological polar surface area (TPSA) is 70.6 Å². The number of benzene rings is 1. The molecule has 1 atom stereocenters. The number of hydrogen-bond donors (Lipinski definition) is 0. The molecule has 0 aliphatic carbocycles. The normalized spacial score (nSPS) is 18.4. The Labute approximate surface area is 183 Å². The van der Waals surface area contributed by atoms with E-state index in [-0.39, 0.29) is 37.1 Å². The van der Waals surface area contributed by atoms with Crippen LogP contribution < -0.4 is 0 Å². The lowest BCUT2D eigenvalue weighted by Crippen LogP contribution is -2.44. The minimum absolute atomic E-state index is 0.0205. The zero-order chi connectivity index (χ0) is 22.6. The average molecular weight is 420 g/mol. The lowest BCUT2D eigenvalue weighted by atomic mass is 9.74. The minimum atomic E-state index is -1.20. The first-order valence-corrected chi connectivity index (χ1v) is 10.5. The molecule has 2 aromatic rings. The van der Waals surface area contributed by atoms with E-state index in [4.69, 9.17) is 0 Å². The van der Waals surface area contributed by atoms with E-state index in [2.05, 4.69) is 11.6 Å². The Morgan fingerprint density at radius 1 is 1.23 bits per heavy atom. The number of hydrogen-bond acceptors (Lipinski definition) is 4. The summed E-state index contributed by atoms with van der Waals surface area (Å²) in [5, 5.41) is 0. The summed E-state index contributed by atoms with van der Waals surface area (Å²) in [6, 6.07) is 11.1. The quantitative estimate of drug-likeness (QED) is 0.486. The van der Waals surface area contributed by atoms with E-state index in [0.717, 1.165) is 22.3 Å². The van der Waals surface area contributed by atoms with Gasteiger partial charge in [0, 0.05) is 38.3 Å². The summed E-state index contributed by atoms with van der Waals surface area (Å²) in [4.78, 5) is 47.1. The summed E-state index contributed by atoms with van der Waals surface area (Å²) in [6.45, 7) is 10.7. The van der Waals surface area contributed by atoms with Crippen LogP contribution in [0.2, 0.25) is 0 Å². The van der Waals surface area contributed by atoms with E-state index in [1.807, 2.05) is 51.1 Å². The monoisotopic (exact) mass is 419 g/mol. The molecule has 1 unspecified atom stereocenters. The van der Waals surface area contributed by atoms with Gasteiger partial charge in [0.15, 0.2) is 0 Å². The molecule has 0 bridgehead atoms. The summed E-state index contributed by atoms with van der Waals surface area (Å²) in [5.74, 6) is -0.749. The van der Waals surface area contributed by atoms with E-state index in [1.54, 1.807) is 23.4 Å². The van der Waals surface area contributed by atoms with Crippen LogP contribution in [0.3, 0.4) is 0 Å². The number of amides is 3. The summed E-state index contributed by atoms with van der Waals surface area (Å²) in [5.41, 5.74) is 2.06. The predicted molar refractivity (Wildman–Crippen MR) is 119 cm³/mol. The second-order valence-corrected chi connectivity index (χ2v) is 8.26. The van der Waals surface area contributed by atoms with Crippen molar-refractivity contribution in [3.8, 4) is 0 Å². The number of imide groups is 1. The molecule has 0 N–H and O–H groups in total. The van der Waals surface area contributed by atoms with Crippen LogP contribution in [0.25, 0.3) is 0 Å². The largest absolute Gasteiger partial charge is 0.339 e. The molecular weight excluding hydrogens is 390 g/mol. The zero-order valence-corrected chi connectivity index (χ0v) is 18.4. The van der Waals surface area contributed by atoms with Crippen LogP contribution in [-0.2, 0) is 26.3 Å². The summed E-state index contributed by atoms with van der Waals surface area (Å²) in [7, 11) is 0. The van der Waals surface area contributed by atoms with E-state index < -0.39 is 5.41 Å². The smallest absolute Gasteiger partial charge is 0.241 e. The molecule has 0 spiro atoms. The van der Waals surface area contributed by atoms with Crippen molar-refractivity contribution in [2.45, 2.75) is 45.6 Å². The van der Waals surface area contributed by atoms with Gasteiger partial charge >= 0.3 is 0 Å². The molecule has 2 heterocycles. The molecule has 0 radical (unpaired) electrons. The van der Waals surface area contributed by atoms with Gasteiger partial charge in [0.2, 0.25) is 17.7 Å². The molecule has 6 heteroatoms. The molecule has 6 nitrogen and oxygen atoms in total. The van der Waals surface area contributed by atoms with Crippen molar-refractivity contribution in [2.24, 2.45) is 0 Å². The third-order valence-electron chi connectivity index (χ3n) is 5.78. The lowest BCUT2D eigenvalue weighted by Gasteiger charge is -2.31. The SMILES string of the molecule is C=C(C)CN(CC)C(=O)CC1(c2ccccc2C)CC(=O)N(Cc2cccnc2)C1=O. The molecule has 0 saturated carbocycles. The molecular formula is C25H29N3O3. The van der Waals surface area contributed by atoms with Gasteiger partial charge < -0.3 is 4.90 Å². The van der Waals surface area contributed by atoms with Crippen LogP contribution in [0.1, 0.15) is 43.4 Å². The maximum absolute atomic E-state index is 13.8. The number of carbonyl (C=O) groups excluding carboxylic acids is 3. The van der Waals surface area contributed by atoms with Gasteiger partial charge in [0.25, 0.3) is 0 Å². The van der Waals surface area contributed by atoms with E-state index in [9.17, 15) is 14.4 Å². The molecule has 3 rings (SSSR count). The standard InChI is InChI=1S/C25H29N3O3/c1-5-27(16-18(2)3)22(29)13-25(21-11-7-6-9-19(21)4)14-23(30)28(24(25)31)17-20-10-8-12-26-15-20/h6-12,15H,2,5,13-14,16-17H2,1,3-4H3. The number of nitrogens with zero attached hydrogens (tertiary/aromatic N) is 3. The third kappa shape index (κ3) is 4.58. The van der Waals surface area contributed by atoms with Crippen LogP contribution in [0.5, 0.6) is 0 Å². The second-order valence-electron chi connectivity index (χ2n) is 8.26. The second kappa shape index (κ2) is 9.25. The van der Waals surface area contributed by atoms with E-state index in [1.165, 1.54) is 4.90 Å². The van der Waals surface area contributed by atoms with Crippen LogP contribution in [0.4, 0.5) is 0 Å². The first kappa shape index (κ1) is 22.4. The molecule has 1 aromatic carbocycles. The van der Waals surface area contributed by atoms with Crippen LogP contribution in [0.15, 0.2) is 60.9 Å². The van der Waals surface area contributed by atoms with Gasteiger partial charge in [-0.3, -0.25) is 24.3 Å². The molecule has 1 aliphatic heterocycles. The summed E-state index contributed by atoms with van der Waals surface area (Å²) >= 11 is 0. The van der Waals surface area contributed by atoms with E-state index in [0.29, 0.717) is 13.1 Å². The highest BCUT2D eigenvalue weighted by atomic mass is 16.2. The van der Waals surface area contributed by atoms with Gasteiger partial charge in [0.05, 0.1) is 12.0 Å². The van der Waals surface area contributed by atoms with Crippen molar-refractivity contribution >= 4 is 17.7 Å². The maximum Gasteiger partial charge on any atom is 0.241 e. The number of carbonyl (C=O) groups is 3. The van der Waals surface area contributed by atoms with Crippen LogP contribution >= 0.6 is 0 Å². The maximum atomic E-state index is 13.8. The van der Waals surface area contributed by atoms with Crippen molar-refractivity contribution in [3.05, 3.63) is 77.6 Å². The van der Waals surface area contributed by atoms with Gasteiger partial charge in [-0.05, 0) is 43.5 Å². The van der Waals surface area contributed by atoms with Gasteiger partial charge in [-0.15, -0.1) is 0 Å². The van der Waals surface area contributed by atoms with Crippen molar-refractivity contribution in [1.82, 2.24) is 14.8 Å². The summed E-state index contributed by atoms with van der Waals surface area (Å²) < 4.78 is 0. The Kier molecular flexibility index (Phi) is 6.68. The Bertz CT molecular complexity index is 1000. The molecule has 162 valence electrons. The van der Waals surface area contributed by atoms with Gasteiger partial charge in [-0.2, -0.15) is 0 Å². The van der Waals surface area contributed by atoms with Crippen molar-refractivity contribution in [2.75, 3.05) is 13.1 Å². The van der Waals surface area contributed by atoms with Crippen molar-refractivity contribution < 1.29 is 14.4 Å². The third-order valence-corrected chi connectivity index (χ3v) is 5.78. The Balaban J connectivity index is 2.00. The number of likely N-dealkylation sites (N-methyl/N-ethyl adjacent to an activating group) is 1. The minimum Gasteiger partial charge on any atom is -0.339 e. The Morgan fingerprint density at radius 2 is 1.97 bits per heavy atom. The highest BCUT2D eigenvalue weighted by Crippen LogP contribution is 2.42. The Hall–Kier alpha value is -3.28. The average Bonchev–Trinajstić information content (AvgIpc) is 2.97. The van der Waals surface area contributed by atoms with Gasteiger partial charge in [-0.25, -0.2) is 0 Å². The van der Waals surface area contributed by atoms with Crippen molar-refractivity contribution in [1.29, 1.82) is 0 Å².